The van der Waals surface area contributed by atoms with Crippen molar-refractivity contribution in [3.63, 3.8) is 0 Å². The highest BCUT2D eigenvalue weighted by atomic mass is 32.2. The molecule has 0 saturated carbocycles. The quantitative estimate of drug-likeness (QED) is 0.145. The minimum absolute atomic E-state index is 0.0110. The van der Waals surface area contributed by atoms with E-state index in [1.807, 2.05) is 38.3 Å². The first kappa shape index (κ1) is 33.2. The molecule has 0 aliphatic rings. The third kappa shape index (κ3) is 9.01. The Bertz CT molecular complexity index is 1150. The van der Waals surface area contributed by atoms with Crippen molar-refractivity contribution in [2.75, 3.05) is 13.2 Å². The molecule has 0 radical (unpaired) electrons. The monoisotopic (exact) mass is 598 g/mol. The zero-order chi connectivity index (χ0) is 28.9. The molecule has 0 aliphatic carbocycles. The molecule has 0 fully saturated rings. The predicted molar refractivity (Wildman–Crippen MR) is 165 cm³/mol. The van der Waals surface area contributed by atoms with Crippen molar-refractivity contribution in [1.82, 2.24) is 4.31 Å². The van der Waals surface area contributed by atoms with Crippen LogP contribution in [0.1, 0.15) is 78.3 Å². The lowest BCUT2D eigenvalue weighted by Gasteiger charge is -2.39. The fourth-order valence-corrected chi connectivity index (χ4v) is 7.44. The van der Waals surface area contributed by atoms with Crippen LogP contribution in [0.25, 0.3) is 0 Å². The number of benzene rings is 1. The number of rotatable bonds is 12. The van der Waals surface area contributed by atoms with E-state index in [2.05, 4.69) is 52.1 Å². The molecule has 38 heavy (non-hydrogen) atoms. The van der Waals surface area contributed by atoms with Gasteiger partial charge < -0.3 is 8.98 Å². The summed E-state index contributed by atoms with van der Waals surface area (Å²) in [5.74, 6) is 0.337. The average molecular weight is 599 g/mol. The molecule has 0 amide bonds. The molecular formula is C28H46N2O4S3Si. The van der Waals surface area contributed by atoms with Gasteiger partial charge in [-0.15, -0.1) is 11.3 Å². The van der Waals surface area contributed by atoms with Gasteiger partial charge in [0.15, 0.2) is 8.32 Å². The van der Waals surface area contributed by atoms with E-state index in [-0.39, 0.29) is 16.5 Å². The summed E-state index contributed by atoms with van der Waals surface area (Å²) in [6.07, 6.45) is 2.35. The van der Waals surface area contributed by atoms with Crippen LogP contribution in [0.3, 0.4) is 0 Å². The second-order valence-corrected chi connectivity index (χ2v) is 22.2. The van der Waals surface area contributed by atoms with Gasteiger partial charge in [-0.1, -0.05) is 57.2 Å². The molecule has 1 aromatic heterocycles. The number of hydrogen-bond donors (Lipinski definition) is 0. The molecule has 2 atom stereocenters. The Hall–Kier alpha value is -1.01. The Morgan fingerprint density at radius 2 is 1.74 bits per heavy atom. The van der Waals surface area contributed by atoms with Crippen molar-refractivity contribution < 1.29 is 17.4 Å². The molecule has 10 heteroatoms. The van der Waals surface area contributed by atoms with Crippen LogP contribution < -0.4 is 0 Å². The third-order valence-electron chi connectivity index (χ3n) is 6.82. The van der Waals surface area contributed by atoms with E-state index in [9.17, 15) is 13.0 Å². The highest BCUT2D eigenvalue weighted by Crippen LogP contribution is 2.39. The first-order chi connectivity index (χ1) is 17.4. The largest absolute Gasteiger partial charge is 0.591 e. The van der Waals surface area contributed by atoms with Crippen molar-refractivity contribution in [2.24, 2.45) is 10.3 Å². The maximum atomic E-state index is 14.0. The van der Waals surface area contributed by atoms with Crippen molar-refractivity contribution >= 4 is 47.3 Å². The van der Waals surface area contributed by atoms with Crippen molar-refractivity contribution in [3.8, 4) is 0 Å². The Balaban J connectivity index is 2.56. The summed E-state index contributed by atoms with van der Waals surface area (Å²) < 4.78 is 52.6. The fourth-order valence-electron chi connectivity index (χ4n) is 3.25. The van der Waals surface area contributed by atoms with Crippen molar-refractivity contribution in [2.45, 2.75) is 95.6 Å². The van der Waals surface area contributed by atoms with E-state index in [0.717, 1.165) is 16.9 Å². The Morgan fingerprint density at radius 1 is 1.13 bits per heavy atom. The minimum Gasteiger partial charge on any atom is -0.591 e. The number of sulfonamides is 1. The second-order valence-electron chi connectivity index (χ2n) is 12.6. The molecule has 1 heterocycles. The van der Waals surface area contributed by atoms with E-state index in [1.54, 1.807) is 34.8 Å². The molecule has 0 saturated heterocycles. The van der Waals surface area contributed by atoms with Crippen molar-refractivity contribution in [1.29, 1.82) is 0 Å². The van der Waals surface area contributed by atoms with Gasteiger partial charge >= 0.3 is 0 Å². The highest BCUT2D eigenvalue weighted by molar-refractivity contribution is 7.91. The molecule has 0 spiro atoms. The van der Waals surface area contributed by atoms with E-state index >= 15 is 0 Å². The smallest absolute Gasteiger partial charge is 0.243 e. The summed E-state index contributed by atoms with van der Waals surface area (Å²) in [6, 6.07) is 10.1. The predicted octanol–water partition coefficient (Wildman–Crippen LogP) is 7.43. The van der Waals surface area contributed by atoms with Gasteiger partial charge in [0, 0.05) is 22.4 Å². The van der Waals surface area contributed by atoms with Crippen LogP contribution in [-0.4, -0.2) is 49.7 Å². The summed E-state index contributed by atoms with van der Waals surface area (Å²) in [4.78, 5) is 1.16. The maximum Gasteiger partial charge on any atom is 0.243 e. The molecule has 2 aromatic rings. The molecule has 0 bridgehead atoms. The minimum atomic E-state index is -3.79. The number of hydrogen-bond acceptors (Lipinski definition) is 6. The van der Waals surface area contributed by atoms with Crippen LogP contribution in [0.2, 0.25) is 18.1 Å². The van der Waals surface area contributed by atoms with E-state index in [1.165, 1.54) is 11.3 Å². The Morgan fingerprint density at radius 3 is 2.26 bits per heavy atom. The SMILES string of the molecule is CC(C)CCN(C(CO[Si](C)(C)C(C)(C)C)c1cc(C=N[S+]([O-])C(C)(C)C)cs1)S(=O)(=O)c1ccccc1. The van der Waals surface area contributed by atoms with Gasteiger partial charge in [0.2, 0.25) is 10.0 Å². The van der Waals surface area contributed by atoms with Gasteiger partial charge in [-0.05, 0) is 69.4 Å². The molecule has 6 nitrogen and oxygen atoms in total. The fraction of sp³-hybridized carbons (Fsp3) is 0.607. The van der Waals surface area contributed by atoms with E-state index < -0.39 is 40.5 Å². The first-order valence-corrected chi connectivity index (χ1v) is 19.4. The molecule has 214 valence electrons. The normalized spacial score (nSPS) is 15.5. The Labute approximate surface area is 239 Å². The van der Waals surface area contributed by atoms with Gasteiger partial charge in [-0.25, -0.2) is 8.42 Å². The summed E-state index contributed by atoms with van der Waals surface area (Å²) in [5, 5.41) is 1.93. The van der Waals surface area contributed by atoms with Gasteiger partial charge in [0.05, 0.1) is 23.8 Å². The van der Waals surface area contributed by atoms with E-state index in [0.29, 0.717) is 12.5 Å². The summed E-state index contributed by atoms with van der Waals surface area (Å²) >= 11 is 0.116. The molecular weight excluding hydrogens is 553 g/mol. The van der Waals surface area contributed by atoms with Gasteiger partial charge in [0.25, 0.3) is 0 Å². The lowest BCUT2D eigenvalue weighted by molar-refractivity contribution is 0.189. The molecule has 0 N–H and O–H groups in total. The number of thiophene rings is 1. The first-order valence-electron chi connectivity index (χ1n) is 13.1. The van der Waals surface area contributed by atoms with Crippen LogP contribution in [0.15, 0.2) is 51.1 Å². The summed E-state index contributed by atoms with van der Waals surface area (Å²) in [7, 11) is -5.95. The van der Waals surface area contributed by atoms with Crippen LogP contribution >= 0.6 is 11.3 Å². The molecule has 2 rings (SSSR count). The van der Waals surface area contributed by atoms with E-state index in [4.69, 9.17) is 4.43 Å². The van der Waals surface area contributed by atoms with Gasteiger partial charge in [-0.3, -0.25) is 0 Å². The zero-order valence-electron chi connectivity index (χ0n) is 24.6. The maximum absolute atomic E-state index is 14.0. The summed E-state index contributed by atoms with van der Waals surface area (Å²) in [6.45, 7) is 21.4. The topological polar surface area (TPSA) is 82.0 Å². The average Bonchev–Trinajstić information content (AvgIpc) is 3.27. The standard InChI is InChI=1S/C28H46N2O4S3Si/c1-22(2)16-17-30(37(32,33)24-14-12-11-13-15-24)25(20-34-38(9,10)28(6,7)8)26-18-23(21-35-26)19-29-36(31)27(3,4)5/h11-15,18-19,21-22,25H,16-17,20H2,1-10H3. The molecule has 1 aromatic carbocycles. The van der Waals surface area contributed by atoms with Crippen molar-refractivity contribution in [3.05, 3.63) is 52.2 Å². The lowest BCUT2D eigenvalue weighted by Crippen LogP contribution is -2.45. The molecule has 0 aliphatic heterocycles. The van der Waals surface area contributed by atoms with Crippen LogP contribution in [0.4, 0.5) is 0 Å². The summed E-state index contributed by atoms with van der Waals surface area (Å²) in [5.41, 5.74) is 0.806. The highest BCUT2D eigenvalue weighted by Gasteiger charge is 2.40. The zero-order valence-corrected chi connectivity index (χ0v) is 28.1. The van der Waals surface area contributed by atoms with Gasteiger partial charge in [0.1, 0.15) is 16.1 Å². The van der Waals surface area contributed by atoms with Crippen LogP contribution in [0.5, 0.6) is 0 Å². The second kappa shape index (κ2) is 13.1. The Kier molecular flexibility index (Phi) is 11.4. The lowest BCUT2D eigenvalue weighted by atomic mass is 10.1. The van der Waals surface area contributed by atoms with Gasteiger partial charge in [-0.2, -0.15) is 4.31 Å². The third-order valence-corrected chi connectivity index (χ3v) is 15.6. The number of nitrogens with zero attached hydrogens (tertiary/aromatic N) is 2. The van der Waals surface area contributed by atoms with Crippen LogP contribution in [0, 0.1) is 5.92 Å². The van der Waals surface area contributed by atoms with Crippen LogP contribution in [-0.2, 0) is 25.8 Å². The molecule has 2 unspecified atom stereocenters.